The Morgan fingerprint density at radius 1 is 0.945 bits per heavy atom. The molecule has 1 aromatic carbocycles. The van der Waals surface area contributed by atoms with Crippen molar-refractivity contribution < 1.29 is 33.5 Å². The van der Waals surface area contributed by atoms with Gasteiger partial charge in [-0.25, -0.2) is 4.98 Å². The fourth-order valence-corrected chi connectivity index (χ4v) is 7.16. The molecule has 17 heteroatoms. The first kappa shape index (κ1) is 40.3. The van der Waals surface area contributed by atoms with Crippen LogP contribution in [-0.4, -0.2) is 125 Å². The lowest BCUT2D eigenvalue weighted by Gasteiger charge is -2.28. The van der Waals surface area contributed by atoms with Gasteiger partial charge in [0.05, 0.1) is 26.2 Å². The van der Waals surface area contributed by atoms with Crippen LogP contribution in [0.15, 0.2) is 54.2 Å². The first-order valence-electron chi connectivity index (χ1n) is 17.9. The Morgan fingerprint density at radius 3 is 2.44 bits per heavy atom. The number of H-pyrrole nitrogens is 1. The zero-order valence-electron chi connectivity index (χ0n) is 31.8. The van der Waals surface area contributed by atoms with Gasteiger partial charge < -0.3 is 40.4 Å². The third-order valence-electron chi connectivity index (χ3n) is 9.19. The van der Waals surface area contributed by atoms with E-state index in [-0.39, 0.29) is 49.9 Å². The summed E-state index contributed by atoms with van der Waals surface area (Å²) in [6, 6.07) is 7.97. The molecule has 4 N–H and O–H groups in total. The SMILES string of the molecule is COc1ccnc(C(=O)N2CCN(C)C(=O)[C@H](C)NC(=O)CN(C)C(=O)[C@@H](Cc3c[nH]c4ccccc34)NC(=O)c3csc(n3)[C@H](CC(C)C)NC(=O)C2)c1. The summed E-state index contributed by atoms with van der Waals surface area (Å²) < 4.78 is 5.26. The zero-order chi connectivity index (χ0) is 39.8. The molecular weight excluding hydrogens is 727 g/mol. The summed E-state index contributed by atoms with van der Waals surface area (Å²) >= 11 is 1.19. The molecule has 0 saturated carbocycles. The highest BCUT2D eigenvalue weighted by Crippen LogP contribution is 2.26. The van der Waals surface area contributed by atoms with Crippen LogP contribution in [0.5, 0.6) is 5.75 Å². The van der Waals surface area contributed by atoms with Crippen molar-refractivity contribution in [3.05, 3.63) is 76.1 Å². The summed E-state index contributed by atoms with van der Waals surface area (Å²) in [6.07, 6.45) is 3.80. The van der Waals surface area contributed by atoms with Gasteiger partial charge in [-0.15, -0.1) is 11.3 Å². The number of benzene rings is 1. The number of carbonyl (C=O) groups excluding carboxylic acids is 6. The number of rotatable bonds is 6. The molecule has 5 rings (SSSR count). The van der Waals surface area contributed by atoms with Gasteiger partial charge >= 0.3 is 0 Å². The van der Waals surface area contributed by atoms with E-state index in [1.54, 1.807) is 17.6 Å². The van der Waals surface area contributed by atoms with Crippen molar-refractivity contribution in [2.75, 3.05) is 47.4 Å². The number of thiazole rings is 1. The first-order chi connectivity index (χ1) is 26.2. The van der Waals surface area contributed by atoms with E-state index in [1.165, 1.54) is 66.4 Å². The molecule has 2 bridgehead atoms. The van der Waals surface area contributed by atoms with Crippen molar-refractivity contribution in [3.63, 3.8) is 0 Å². The van der Waals surface area contributed by atoms with Crippen LogP contribution in [-0.2, 0) is 25.6 Å². The fraction of sp³-hybridized carbons (Fsp3) is 0.421. The van der Waals surface area contributed by atoms with Crippen LogP contribution < -0.4 is 20.7 Å². The molecule has 0 aliphatic carbocycles. The summed E-state index contributed by atoms with van der Waals surface area (Å²) in [5, 5.41) is 11.4. The molecule has 0 fully saturated rings. The lowest BCUT2D eigenvalue weighted by atomic mass is 10.0. The van der Waals surface area contributed by atoms with Crippen molar-refractivity contribution >= 4 is 57.7 Å². The van der Waals surface area contributed by atoms with Crippen molar-refractivity contribution in [1.29, 1.82) is 0 Å². The quantitative estimate of drug-likeness (QED) is 0.227. The van der Waals surface area contributed by atoms with Crippen LogP contribution in [0.25, 0.3) is 10.9 Å². The molecule has 4 aromatic rings. The lowest BCUT2D eigenvalue weighted by molar-refractivity contribution is -0.138. The Labute approximate surface area is 323 Å². The van der Waals surface area contributed by atoms with Crippen molar-refractivity contribution in [3.8, 4) is 5.75 Å². The van der Waals surface area contributed by atoms with Gasteiger partial charge in [0.1, 0.15) is 34.2 Å². The lowest BCUT2D eigenvalue weighted by Crippen LogP contribution is -2.53. The standard InChI is InChI=1S/C38H47N9O7S/c1-22(2)15-28-35-44-31(21-55-35)34(50)43-30(16-24-18-40-27-10-8-7-9-26(24)27)37(52)46(5)19-32(48)41-23(3)36(51)45(4)13-14-47(20-33(49)42-28)38(53)29-17-25(54-6)11-12-39-29/h7-12,17-18,21-23,28,30,40H,13-16,19-20H2,1-6H3,(H,41,48)(H,42,49)(H,43,50)/t23-,28-,30+/m0/s1. The summed E-state index contributed by atoms with van der Waals surface area (Å²) in [7, 11) is 4.44. The Balaban J connectivity index is 1.47. The van der Waals surface area contributed by atoms with E-state index in [9.17, 15) is 28.8 Å². The molecule has 0 radical (unpaired) electrons. The normalized spacial score (nSPS) is 19.9. The Kier molecular flexibility index (Phi) is 13.2. The van der Waals surface area contributed by atoms with Crippen LogP contribution in [0.4, 0.5) is 0 Å². The van der Waals surface area contributed by atoms with E-state index in [2.05, 4.69) is 30.9 Å². The number of nitrogens with one attached hydrogen (secondary N) is 4. The fourth-order valence-electron chi connectivity index (χ4n) is 6.30. The van der Waals surface area contributed by atoms with Gasteiger partial charge in [-0.2, -0.15) is 0 Å². The Bertz CT molecular complexity index is 2050. The van der Waals surface area contributed by atoms with Gasteiger partial charge in [0.15, 0.2) is 0 Å². The minimum Gasteiger partial charge on any atom is -0.497 e. The first-order valence-corrected chi connectivity index (χ1v) is 18.8. The average molecular weight is 774 g/mol. The highest BCUT2D eigenvalue weighted by atomic mass is 32.1. The molecule has 1 aliphatic heterocycles. The highest BCUT2D eigenvalue weighted by molar-refractivity contribution is 7.09. The van der Waals surface area contributed by atoms with E-state index in [4.69, 9.17) is 4.74 Å². The van der Waals surface area contributed by atoms with Gasteiger partial charge in [-0.05, 0) is 37.0 Å². The number of ether oxygens (including phenoxy) is 1. The predicted octanol–water partition coefficient (Wildman–Crippen LogP) is 2.15. The third kappa shape index (κ3) is 10.2. The van der Waals surface area contributed by atoms with E-state index in [0.29, 0.717) is 17.2 Å². The number of carbonyl (C=O) groups is 6. The van der Waals surface area contributed by atoms with Crippen molar-refractivity contribution in [1.82, 2.24) is 45.6 Å². The number of methoxy groups -OCH3 is 1. The maximum atomic E-state index is 13.9. The van der Waals surface area contributed by atoms with Gasteiger partial charge in [-0.1, -0.05) is 32.0 Å². The zero-order valence-corrected chi connectivity index (χ0v) is 32.6. The number of likely N-dealkylation sites (N-methyl/N-ethyl adjacent to an activating group) is 2. The number of pyridine rings is 1. The number of aromatic amines is 1. The molecule has 0 spiro atoms. The number of hydrogen-bond acceptors (Lipinski definition) is 10. The molecule has 292 valence electrons. The van der Waals surface area contributed by atoms with Crippen LogP contribution in [0.1, 0.15) is 64.8 Å². The third-order valence-corrected chi connectivity index (χ3v) is 10.2. The number of fused-ring (bicyclic) bond motifs is 3. The second-order valence-corrected chi connectivity index (χ2v) is 14.9. The number of aromatic nitrogens is 3. The van der Waals surface area contributed by atoms with E-state index >= 15 is 0 Å². The molecule has 0 unspecified atom stereocenters. The van der Waals surface area contributed by atoms with E-state index in [1.807, 2.05) is 38.1 Å². The minimum absolute atomic E-state index is 0.0228. The maximum absolute atomic E-state index is 13.9. The number of hydrogen-bond donors (Lipinski definition) is 4. The van der Waals surface area contributed by atoms with Gasteiger partial charge in [0, 0.05) is 68.3 Å². The van der Waals surface area contributed by atoms with E-state index < -0.39 is 53.6 Å². The second kappa shape index (κ2) is 18.0. The second-order valence-electron chi connectivity index (χ2n) is 14.0. The van der Waals surface area contributed by atoms with Crippen molar-refractivity contribution in [2.24, 2.45) is 5.92 Å². The summed E-state index contributed by atoms with van der Waals surface area (Å²) in [5.41, 5.74) is 1.75. The topological polar surface area (TPSA) is 199 Å². The molecule has 4 heterocycles. The molecule has 55 heavy (non-hydrogen) atoms. The van der Waals surface area contributed by atoms with Gasteiger partial charge in [-0.3, -0.25) is 33.8 Å². The summed E-state index contributed by atoms with van der Waals surface area (Å²) in [4.78, 5) is 97.5. The largest absolute Gasteiger partial charge is 0.497 e. The van der Waals surface area contributed by atoms with Crippen LogP contribution in [0, 0.1) is 5.92 Å². The molecular formula is C38H47N9O7S. The summed E-state index contributed by atoms with van der Waals surface area (Å²) in [5.74, 6) is -2.70. The molecule has 16 nitrogen and oxygen atoms in total. The monoisotopic (exact) mass is 773 g/mol. The maximum Gasteiger partial charge on any atom is 0.273 e. The minimum atomic E-state index is -1.08. The van der Waals surface area contributed by atoms with Crippen molar-refractivity contribution in [2.45, 2.75) is 51.7 Å². The Morgan fingerprint density at radius 2 is 1.69 bits per heavy atom. The molecule has 3 atom stereocenters. The van der Waals surface area contributed by atoms with Gasteiger partial charge in [0.2, 0.25) is 23.6 Å². The summed E-state index contributed by atoms with van der Waals surface area (Å²) in [6.45, 7) is 4.71. The molecule has 3 aromatic heterocycles. The van der Waals surface area contributed by atoms with Crippen LogP contribution in [0.3, 0.4) is 0 Å². The highest BCUT2D eigenvalue weighted by Gasteiger charge is 2.31. The predicted molar refractivity (Wildman–Crippen MR) is 205 cm³/mol. The Hall–Kier alpha value is -5.84. The van der Waals surface area contributed by atoms with Crippen LogP contribution >= 0.6 is 11.3 Å². The van der Waals surface area contributed by atoms with Crippen LogP contribution in [0.2, 0.25) is 0 Å². The molecule has 1 aliphatic rings. The smallest absolute Gasteiger partial charge is 0.273 e. The van der Waals surface area contributed by atoms with Gasteiger partial charge in [0.25, 0.3) is 11.8 Å². The molecule has 0 saturated heterocycles. The number of amides is 6. The van der Waals surface area contributed by atoms with E-state index in [0.717, 1.165) is 16.5 Å². The number of nitrogens with zero attached hydrogens (tertiary/aromatic N) is 5. The number of para-hydroxylation sites is 1. The molecule has 6 amide bonds. The average Bonchev–Trinajstić information content (AvgIpc) is 3.82.